The van der Waals surface area contributed by atoms with Crippen molar-refractivity contribution in [2.24, 2.45) is 0 Å². The number of fused-ring (bicyclic) bond motifs is 1. The van der Waals surface area contributed by atoms with Gasteiger partial charge in [0.1, 0.15) is 0 Å². The molecule has 0 unspecified atom stereocenters. The monoisotopic (exact) mass is 256 g/mol. The third-order valence-corrected chi connectivity index (χ3v) is 1.56. The van der Waals surface area contributed by atoms with Gasteiger partial charge in [-0.15, -0.1) is 0 Å². The first-order chi connectivity index (χ1) is 4.86. The molecule has 1 aromatic heterocycles. The summed E-state index contributed by atoms with van der Waals surface area (Å²) in [4.78, 5) is 7.03. The zero-order valence-electron chi connectivity index (χ0n) is 5.47. The Morgan fingerprint density at radius 2 is 2.00 bits per heavy atom. The van der Waals surface area contributed by atoms with E-state index in [0.29, 0.717) is 4.77 Å². The van der Waals surface area contributed by atoms with Crippen LogP contribution in [0, 0.1) is 4.77 Å². The Morgan fingerprint density at radius 1 is 1.27 bits per heavy atom. The Morgan fingerprint density at radius 3 is 2.73 bits per heavy atom. The van der Waals surface area contributed by atoms with Crippen molar-refractivity contribution >= 4 is 23.3 Å². The molecule has 0 fully saturated rings. The van der Waals surface area contributed by atoms with Crippen molar-refractivity contribution in [3.8, 4) is 0 Å². The number of hydrogen-bond acceptors (Lipinski definition) is 1. The van der Waals surface area contributed by atoms with Gasteiger partial charge < -0.3 is 9.97 Å². The summed E-state index contributed by atoms with van der Waals surface area (Å²) in [6, 6.07) is 7.78. The SMILES string of the molecule is S=c1[n-]c2ccccc2[nH]1.[Ag+]. The van der Waals surface area contributed by atoms with E-state index in [1.165, 1.54) is 0 Å². The number of imidazole rings is 1. The molecule has 0 saturated carbocycles. The van der Waals surface area contributed by atoms with Crippen molar-refractivity contribution in [2.75, 3.05) is 0 Å². The maximum atomic E-state index is 4.85. The van der Waals surface area contributed by atoms with Gasteiger partial charge in [0.2, 0.25) is 0 Å². The first kappa shape index (κ1) is 8.74. The first-order valence-corrected chi connectivity index (χ1v) is 3.39. The summed E-state index contributed by atoms with van der Waals surface area (Å²) in [5, 5.41) is 0. The average Bonchev–Trinajstić information content (AvgIpc) is 2.27. The largest absolute Gasteiger partial charge is 1.00 e. The number of para-hydroxylation sites is 2. The topological polar surface area (TPSA) is 29.9 Å². The van der Waals surface area contributed by atoms with Crippen LogP contribution in [-0.2, 0) is 22.4 Å². The van der Waals surface area contributed by atoms with Crippen molar-refractivity contribution in [1.29, 1.82) is 0 Å². The molecule has 0 amide bonds. The van der Waals surface area contributed by atoms with E-state index < -0.39 is 0 Å². The van der Waals surface area contributed by atoms with Crippen LogP contribution in [0.5, 0.6) is 0 Å². The number of hydrogen-bond donors (Lipinski definition) is 1. The van der Waals surface area contributed by atoms with E-state index in [1.807, 2.05) is 24.3 Å². The molecule has 60 valence electrons. The zero-order chi connectivity index (χ0) is 6.97. The minimum atomic E-state index is 0. The van der Waals surface area contributed by atoms with Gasteiger partial charge in [0, 0.05) is 4.77 Å². The molecule has 0 atom stereocenters. The molecule has 4 heteroatoms. The molecule has 0 aliphatic rings. The quantitative estimate of drug-likeness (QED) is 0.576. The Kier molecular flexibility index (Phi) is 2.67. The van der Waals surface area contributed by atoms with E-state index in [0.717, 1.165) is 11.0 Å². The van der Waals surface area contributed by atoms with Crippen LogP contribution in [0.25, 0.3) is 11.0 Å². The third kappa shape index (κ3) is 1.62. The average molecular weight is 257 g/mol. The number of rotatable bonds is 0. The van der Waals surface area contributed by atoms with E-state index in [9.17, 15) is 0 Å². The molecular weight excluding hydrogens is 252 g/mol. The number of nitrogens with one attached hydrogen (secondary N) is 1. The van der Waals surface area contributed by atoms with Gasteiger partial charge in [-0.1, -0.05) is 36.5 Å². The number of nitrogens with zero attached hydrogens (tertiary/aromatic N) is 1. The molecule has 11 heavy (non-hydrogen) atoms. The Bertz CT molecular complexity index is 368. The van der Waals surface area contributed by atoms with Gasteiger partial charge in [-0.05, 0) is 11.0 Å². The second-order valence-corrected chi connectivity index (χ2v) is 2.45. The Balaban J connectivity index is 0.000000605. The van der Waals surface area contributed by atoms with Crippen molar-refractivity contribution in [2.45, 2.75) is 0 Å². The van der Waals surface area contributed by atoms with Crippen molar-refractivity contribution < 1.29 is 22.4 Å². The van der Waals surface area contributed by atoms with E-state index in [4.69, 9.17) is 12.2 Å². The van der Waals surface area contributed by atoms with Crippen LogP contribution in [0.1, 0.15) is 0 Å². The van der Waals surface area contributed by atoms with Gasteiger partial charge in [0.05, 0.1) is 0 Å². The minimum Gasteiger partial charge on any atom is -0.448 e. The fraction of sp³-hybridized carbons (Fsp3) is 0. The predicted molar refractivity (Wildman–Crippen MR) is 42.5 cm³/mol. The third-order valence-electron chi connectivity index (χ3n) is 1.37. The molecule has 1 heterocycles. The molecular formula is C7H5AgN2S. The smallest absolute Gasteiger partial charge is 0.448 e. The predicted octanol–water partition coefficient (Wildman–Crippen LogP) is 1.85. The molecule has 0 aliphatic heterocycles. The van der Waals surface area contributed by atoms with Crippen molar-refractivity contribution in [3.05, 3.63) is 29.0 Å². The summed E-state index contributed by atoms with van der Waals surface area (Å²) in [7, 11) is 0. The fourth-order valence-corrected chi connectivity index (χ4v) is 1.14. The maximum Gasteiger partial charge on any atom is 1.00 e. The summed E-state index contributed by atoms with van der Waals surface area (Å²) in [6.45, 7) is 0. The van der Waals surface area contributed by atoms with Gasteiger partial charge in [-0.3, -0.25) is 0 Å². The van der Waals surface area contributed by atoms with Crippen LogP contribution in [0.15, 0.2) is 24.3 Å². The molecule has 1 N–H and O–H groups in total. The van der Waals surface area contributed by atoms with Crippen LogP contribution in [0.2, 0.25) is 0 Å². The Labute approximate surface area is 84.5 Å². The van der Waals surface area contributed by atoms with Crippen LogP contribution in [0.4, 0.5) is 0 Å². The number of H-pyrrole nitrogens is 1. The normalized spacial score (nSPS) is 9.45. The summed E-state index contributed by atoms with van der Waals surface area (Å²) in [5.74, 6) is 0. The van der Waals surface area contributed by atoms with E-state index in [1.54, 1.807) is 0 Å². The van der Waals surface area contributed by atoms with Crippen LogP contribution in [0.3, 0.4) is 0 Å². The van der Waals surface area contributed by atoms with Crippen LogP contribution >= 0.6 is 12.2 Å². The number of benzene rings is 1. The van der Waals surface area contributed by atoms with E-state index >= 15 is 0 Å². The van der Waals surface area contributed by atoms with Crippen LogP contribution in [-0.4, -0.2) is 4.98 Å². The van der Waals surface area contributed by atoms with Crippen molar-refractivity contribution in [1.82, 2.24) is 9.97 Å². The van der Waals surface area contributed by atoms with E-state index in [-0.39, 0.29) is 22.4 Å². The number of aromatic nitrogens is 2. The van der Waals surface area contributed by atoms with Gasteiger partial charge in [-0.25, -0.2) is 0 Å². The van der Waals surface area contributed by atoms with Gasteiger partial charge >= 0.3 is 22.4 Å². The zero-order valence-corrected chi connectivity index (χ0v) is 7.77. The summed E-state index contributed by atoms with van der Waals surface area (Å²) >= 11 is 4.85. The Hall–Kier alpha value is -0.350. The second-order valence-electron chi connectivity index (χ2n) is 2.06. The van der Waals surface area contributed by atoms with Gasteiger partial charge in [0.25, 0.3) is 0 Å². The van der Waals surface area contributed by atoms with Crippen molar-refractivity contribution in [3.63, 3.8) is 0 Å². The maximum absolute atomic E-state index is 4.85. The molecule has 0 saturated heterocycles. The summed E-state index contributed by atoms with van der Waals surface area (Å²) in [6.07, 6.45) is 0. The first-order valence-electron chi connectivity index (χ1n) is 2.98. The molecule has 1 aromatic carbocycles. The summed E-state index contributed by atoms with van der Waals surface area (Å²) < 4.78 is 0.557. The molecule has 2 aromatic rings. The van der Waals surface area contributed by atoms with Gasteiger partial charge in [0.15, 0.2) is 0 Å². The number of aromatic amines is 1. The standard InChI is InChI=1S/C7H6N2S.Ag/c10-7-8-5-3-1-2-4-6(5)9-7;/h1-4H,(H2,8,9,10);/q;+1/p-1. The molecule has 0 radical (unpaired) electrons. The van der Waals surface area contributed by atoms with Gasteiger partial charge in [-0.2, -0.15) is 0 Å². The summed E-state index contributed by atoms with van der Waals surface area (Å²) in [5.41, 5.74) is 1.94. The second kappa shape index (κ2) is 3.36. The molecule has 2 nitrogen and oxygen atoms in total. The van der Waals surface area contributed by atoms with E-state index in [2.05, 4.69) is 9.97 Å². The molecule has 0 spiro atoms. The molecule has 0 aliphatic carbocycles. The molecule has 2 rings (SSSR count). The minimum absolute atomic E-state index is 0. The van der Waals surface area contributed by atoms with Crippen LogP contribution < -0.4 is 4.98 Å². The fourth-order valence-electron chi connectivity index (χ4n) is 0.929. The molecule has 0 bridgehead atoms.